The number of hydrogen-bond donors (Lipinski definition) is 0. The normalized spacial score (nSPS) is 16.9. The van der Waals surface area contributed by atoms with Crippen molar-refractivity contribution < 1.29 is 4.79 Å². The summed E-state index contributed by atoms with van der Waals surface area (Å²) in [6.07, 6.45) is 4.48. The average Bonchev–Trinajstić information content (AvgIpc) is 3.41. The molecule has 7 nitrogen and oxygen atoms in total. The molecule has 0 spiro atoms. The van der Waals surface area contributed by atoms with Gasteiger partial charge in [0.05, 0.1) is 11.3 Å². The molecule has 4 aromatic rings. The van der Waals surface area contributed by atoms with E-state index in [1.54, 1.807) is 11.3 Å². The van der Waals surface area contributed by atoms with Crippen LogP contribution in [-0.2, 0) is 19.5 Å². The highest BCUT2D eigenvalue weighted by atomic mass is 32.1. The first-order chi connectivity index (χ1) is 17.2. The lowest BCUT2D eigenvalue weighted by atomic mass is 10.1. The molecule has 2 aliphatic heterocycles. The molecule has 35 heavy (non-hydrogen) atoms. The second kappa shape index (κ2) is 9.51. The molecule has 0 radical (unpaired) electrons. The first kappa shape index (κ1) is 22.4. The molecular weight excluding hydrogens is 456 g/mol. The van der Waals surface area contributed by atoms with Gasteiger partial charge in [0, 0.05) is 62.3 Å². The van der Waals surface area contributed by atoms with Crippen LogP contribution in [0.2, 0.25) is 0 Å². The van der Waals surface area contributed by atoms with E-state index in [0.717, 1.165) is 84.4 Å². The van der Waals surface area contributed by atoms with Crippen LogP contribution in [0.5, 0.6) is 0 Å². The minimum absolute atomic E-state index is 0.0773. The van der Waals surface area contributed by atoms with E-state index in [1.165, 1.54) is 6.42 Å². The minimum Gasteiger partial charge on any atom is -0.336 e. The molecule has 3 aromatic heterocycles. The topological polar surface area (TPSA) is 67.2 Å². The molecule has 0 N–H and O–H groups in total. The molecule has 1 saturated heterocycles. The van der Waals surface area contributed by atoms with Gasteiger partial charge in [0.15, 0.2) is 5.65 Å². The molecule has 0 aliphatic carbocycles. The first-order valence-electron chi connectivity index (χ1n) is 12.5. The Balaban J connectivity index is 1.15. The molecule has 0 unspecified atom stereocenters. The summed E-state index contributed by atoms with van der Waals surface area (Å²) in [4.78, 5) is 32.5. The molecule has 1 amide bonds. The van der Waals surface area contributed by atoms with E-state index in [9.17, 15) is 4.79 Å². The molecule has 1 aromatic carbocycles. The third-order valence-corrected chi connectivity index (χ3v) is 7.98. The van der Waals surface area contributed by atoms with E-state index >= 15 is 0 Å². The third-order valence-electron chi connectivity index (χ3n) is 7.04. The van der Waals surface area contributed by atoms with Crippen LogP contribution in [0.15, 0.2) is 41.8 Å². The third kappa shape index (κ3) is 4.48. The van der Waals surface area contributed by atoms with Gasteiger partial charge in [0.1, 0.15) is 16.3 Å². The van der Waals surface area contributed by atoms with Crippen LogP contribution < -0.4 is 0 Å². The van der Waals surface area contributed by atoms with Crippen molar-refractivity contribution in [3.8, 4) is 10.6 Å². The Labute approximate surface area is 209 Å². The number of thiazole rings is 1. The van der Waals surface area contributed by atoms with Crippen LogP contribution in [0, 0.1) is 6.92 Å². The summed E-state index contributed by atoms with van der Waals surface area (Å²) in [5.41, 5.74) is 5.49. The molecule has 1 fully saturated rings. The number of amides is 1. The van der Waals surface area contributed by atoms with Gasteiger partial charge in [-0.25, -0.2) is 15.0 Å². The van der Waals surface area contributed by atoms with Gasteiger partial charge >= 0.3 is 0 Å². The number of carbonyl (C=O) groups is 1. The molecule has 0 saturated carbocycles. The molecule has 180 valence electrons. The number of fused-ring (bicyclic) bond motifs is 3. The Hall–Kier alpha value is -3.10. The number of rotatable bonds is 4. The molecule has 0 bridgehead atoms. The number of imidazole rings is 1. The zero-order valence-corrected chi connectivity index (χ0v) is 20.9. The van der Waals surface area contributed by atoms with E-state index in [0.29, 0.717) is 18.7 Å². The van der Waals surface area contributed by atoms with Gasteiger partial charge in [-0.2, -0.15) is 0 Å². The maximum atomic E-state index is 13.6. The lowest BCUT2D eigenvalue weighted by Gasteiger charge is -2.34. The van der Waals surface area contributed by atoms with E-state index in [1.807, 2.05) is 36.1 Å². The molecular formula is C27H30N6OS. The van der Waals surface area contributed by atoms with Crippen LogP contribution in [0.1, 0.15) is 46.8 Å². The Morgan fingerprint density at radius 3 is 2.63 bits per heavy atom. The van der Waals surface area contributed by atoms with E-state index < -0.39 is 0 Å². The fraction of sp³-hybridized carbons (Fsp3) is 0.407. The van der Waals surface area contributed by atoms with Crippen molar-refractivity contribution in [2.75, 3.05) is 26.2 Å². The van der Waals surface area contributed by atoms with E-state index in [4.69, 9.17) is 15.0 Å². The zero-order valence-electron chi connectivity index (χ0n) is 20.1. The van der Waals surface area contributed by atoms with Crippen molar-refractivity contribution in [1.82, 2.24) is 29.3 Å². The summed E-state index contributed by atoms with van der Waals surface area (Å²) in [6, 6.07) is 12.2. The summed E-state index contributed by atoms with van der Waals surface area (Å²) in [5.74, 6) is 1.15. The van der Waals surface area contributed by atoms with Crippen molar-refractivity contribution in [3.05, 3.63) is 64.6 Å². The van der Waals surface area contributed by atoms with Crippen molar-refractivity contribution in [1.29, 1.82) is 0 Å². The van der Waals surface area contributed by atoms with E-state index in [2.05, 4.69) is 27.0 Å². The van der Waals surface area contributed by atoms with Gasteiger partial charge in [-0.05, 0) is 25.8 Å². The van der Waals surface area contributed by atoms with Crippen molar-refractivity contribution >= 4 is 28.4 Å². The second-order valence-corrected chi connectivity index (χ2v) is 10.4. The number of pyridine rings is 1. The van der Waals surface area contributed by atoms with Gasteiger partial charge in [-0.1, -0.05) is 36.8 Å². The SMILES string of the molecule is Cc1cc(C(=O)N2CCN(Cc3csc(-c4ccccc4)n3)CC2)c2nc3n(c2n1)CCCCC3. The van der Waals surface area contributed by atoms with Crippen LogP contribution >= 0.6 is 11.3 Å². The minimum atomic E-state index is 0.0773. The maximum absolute atomic E-state index is 13.6. The quantitative estimate of drug-likeness (QED) is 0.423. The summed E-state index contributed by atoms with van der Waals surface area (Å²) >= 11 is 1.69. The molecule has 6 rings (SSSR count). The largest absolute Gasteiger partial charge is 0.336 e. The van der Waals surface area contributed by atoms with Gasteiger partial charge in [-0.3, -0.25) is 9.69 Å². The highest BCUT2D eigenvalue weighted by molar-refractivity contribution is 7.13. The highest BCUT2D eigenvalue weighted by Gasteiger charge is 2.27. The Bertz CT molecular complexity index is 1350. The van der Waals surface area contributed by atoms with Gasteiger partial charge < -0.3 is 9.47 Å². The predicted octanol–water partition coefficient (Wildman–Crippen LogP) is 4.55. The fourth-order valence-electron chi connectivity index (χ4n) is 5.18. The predicted molar refractivity (Wildman–Crippen MR) is 139 cm³/mol. The fourth-order valence-corrected chi connectivity index (χ4v) is 6.00. The highest BCUT2D eigenvalue weighted by Crippen LogP contribution is 2.26. The van der Waals surface area contributed by atoms with Gasteiger partial charge in [-0.15, -0.1) is 11.3 Å². The standard InChI is InChI=1S/C27H30N6OS/c1-19-16-22(24-25(28-19)33-11-7-3-6-10-23(33)30-24)27(34)32-14-12-31(13-15-32)17-21-18-35-26(29-21)20-8-4-2-5-9-20/h2,4-5,8-9,16,18H,3,6-7,10-15,17H2,1H3. The number of aryl methyl sites for hydroxylation is 3. The summed E-state index contributed by atoms with van der Waals surface area (Å²) in [6.45, 7) is 6.85. The second-order valence-electron chi connectivity index (χ2n) is 9.55. The molecule has 0 atom stereocenters. The van der Waals surface area contributed by atoms with Crippen LogP contribution in [0.3, 0.4) is 0 Å². The number of aromatic nitrogens is 4. The summed E-state index contributed by atoms with van der Waals surface area (Å²) in [5, 5.41) is 3.21. The Morgan fingerprint density at radius 2 is 1.80 bits per heavy atom. The lowest BCUT2D eigenvalue weighted by Crippen LogP contribution is -2.48. The molecule has 5 heterocycles. The lowest BCUT2D eigenvalue weighted by molar-refractivity contribution is 0.0629. The van der Waals surface area contributed by atoms with Crippen molar-refractivity contribution in [2.45, 2.75) is 45.7 Å². The zero-order chi connectivity index (χ0) is 23.8. The maximum Gasteiger partial charge on any atom is 0.256 e. The smallest absolute Gasteiger partial charge is 0.256 e. The van der Waals surface area contributed by atoms with Crippen molar-refractivity contribution in [3.63, 3.8) is 0 Å². The number of carbonyl (C=O) groups excluding carboxylic acids is 1. The Morgan fingerprint density at radius 1 is 0.971 bits per heavy atom. The number of hydrogen-bond acceptors (Lipinski definition) is 6. The molecule has 2 aliphatic rings. The summed E-state index contributed by atoms with van der Waals surface area (Å²) < 4.78 is 2.24. The summed E-state index contributed by atoms with van der Waals surface area (Å²) in [7, 11) is 0. The first-order valence-corrected chi connectivity index (χ1v) is 13.4. The van der Waals surface area contributed by atoms with Crippen LogP contribution in [-0.4, -0.2) is 61.4 Å². The average molecular weight is 487 g/mol. The monoisotopic (exact) mass is 486 g/mol. The Kier molecular flexibility index (Phi) is 6.08. The van der Waals surface area contributed by atoms with Gasteiger partial charge in [0.25, 0.3) is 5.91 Å². The number of nitrogens with zero attached hydrogens (tertiary/aromatic N) is 6. The van der Waals surface area contributed by atoms with E-state index in [-0.39, 0.29) is 5.91 Å². The number of benzene rings is 1. The number of piperazine rings is 1. The van der Waals surface area contributed by atoms with Crippen LogP contribution in [0.4, 0.5) is 0 Å². The molecule has 8 heteroatoms. The van der Waals surface area contributed by atoms with Crippen molar-refractivity contribution in [2.24, 2.45) is 0 Å². The van der Waals surface area contributed by atoms with Gasteiger partial charge in [0.2, 0.25) is 0 Å². The van der Waals surface area contributed by atoms with Crippen LogP contribution in [0.25, 0.3) is 21.7 Å².